The van der Waals surface area contributed by atoms with Crippen LogP contribution < -0.4 is 4.74 Å². The predicted octanol–water partition coefficient (Wildman–Crippen LogP) is 3.11. The van der Waals surface area contributed by atoms with E-state index in [0.717, 1.165) is 5.56 Å². The minimum atomic E-state index is -0.230. The highest BCUT2D eigenvalue weighted by Gasteiger charge is 2.08. The molecule has 2 rings (SSSR count). The van der Waals surface area contributed by atoms with E-state index in [1.54, 1.807) is 12.1 Å². The third-order valence-electron chi connectivity index (χ3n) is 2.86. The van der Waals surface area contributed by atoms with Crippen LogP contribution >= 0.6 is 0 Å². The van der Waals surface area contributed by atoms with Gasteiger partial charge < -0.3 is 14.9 Å². The molecule has 0 aliphatic heterocycles. The third-order valence-corrected chi connectivity index (χ3v) is 2.86. The Morgan fingerprint density at radius 2 is 1.89 bits per heavy atom. The Morgan fingerprint density at radius 3 is 2.53 bits per heavy atom. The molecule has 0 saturated carbocycles. The van der Waals surface area contributed by atoms with Gasteiger partial charge in [-0.15, -0.1) is 0 Å². The van der Waals surface area contributed by atoms with Gasteiger partial charge >= 0.3 is 0 Å². The van der Waals surface area contributed by atoms with Crippen LogP contribution in [0.4, 0.5) is 0 Å². The maximum atomic E-state index is 9.81. The number of ether oxygens (including phenoxy) is 1. The number of hydrogen-bond acceptors (Lipinski definition) is 3. The molecular weight excluding hydrogens is 240 g/mol. The van der Waals surface area contributed by atoms with Crippen LogP contribution in [0.3, 0.4) is 0 Å². The quantitative estimate of drug-likeness (QED) is 0.864. The fourth-order valence-corrected chi connectivity index (χ4v) is 1.83. The Kier molecular flexibility index (Phi) is 4.21. The van der Waals surface area contributed by atoms with Crippen LogP contribution in [0.5, 0.6) is 11.5 Å². The summed E-state index contributed by atoms with van der Waals surface area (Å²) in [6, 6.07) is 13.0. The van der Waals surface area contributed by atoms with Gasteiger partial charge in [0.1, 0.15) is 18.1 Å². The summed E-state index contributed by atoms with van der Waals surface area (Å²) < 4.78 is 5.63. The van der Waals surface area contributed by atoms with Crippen LogP contribution in [0.1, 0.15) is 16.7 Å². The van der Waals surface area contributed by atoms with Crippen molar-refractivity contribution in [1.82, 2.24) is 0 Å². The smallest absolute Gasteiger partial charge is 0.125 e. The zero-order valence-corrected chi connectivity index (χ0v) is 10.5. The molecule has 0 aliphatic carbocycles. The standard InChI is InChI=1S/C16H16O3/c1-2-13-8-14(9-16(18)15(13)10-17)19-11-12-6-4-3-5-7-12/h2-9,17-18H,1,10-11H2. The fourth-order valence-electron chi connectivity index (χ4n) is 1.83. The largest absolute Gasteiger partial charge is 0.507 e. The second-order valence-electron chi connectivity index (χ2n) is 4.15. The number of aliphatic hydroxyl groups is 1. The molecule has 0 bridgehead atoms. The highest BCUT2D eigenvalue weighted by molar-refractivity contribution is 5.59. The molecule has 3 nitrogen and oxygen atoms in total. The molecule has 0 aliphatic rings. The van der Waals surface area contributed by atoms with E-state index in [2.05, 4.69) is 6.58 Å². The Labute approximate surface area is 112 Å². The Bertz CT molecular complexity index is 562. The van der Waals surface area contributed by atoms with Gasteiger partial charge in [-0.2, -0.15) is 0 Å². The number of hydrogen-bond donors (Lipinski definition) is 2. The normalized spacial score (nSPS) is 10.2. The third kappa shape index (κ3) is 3.14. The summed E-state index contributed by atoms with van der Waals surface area (Å²) in [6.07, 6.45) is 1.58. The SMILES string of the molecule is C=Cc1cc(OCc2ccccc2)cc(O)c1CO. The Hall–Kier alpha value is -2.26. The maximum absolute atomic E-state index is 9.81. The maximum Gasteiger partial charge on any atom is 0.125 e. The molecule has 0 spiro atoms. The van der Waals surface area contributed by atoms with Gasteiger partial charge in [0.05, 0.1) is 6.61 Å². The number of aromatic hydroxyl groups is 1. The van der Waals surface area contributed by atoms with Crippen molar-refractivity contribution in [2.75, 3.05) is 0 Å². The van der Waals surface area contributed by atoms with Gasteiger partial charge in [-0.1, -0.05) is 43.0 Å². The predicted molar refractivity (Wildman–Crippen MR) is 74.9 cm³/mol. The van der Waals surface area contributed by atoms with Gasteiger partial charge in [-0.3, -0.25) is 0 Å². The van der Waals surface area contributed by atoms with Gasteiger partial charge in [-0.25, -0.2) is 0 Å². The molecule has 0 heterocycles. The molecule has 0 unspecified atom stereocenters. The van der Waals surface area contributed by atoms with Crippen LogP contribution in [0.2, 0.25) is 0 Å². The zero-order valence-electron chi connectivity index (χ0n) is 10.5. The van der Waals surface area contributed by atoms with Crippen molar-refractivity contribution in [3.05, 3.63) is 65.7 Å². The second kappa shape index (κ2) is 6.07. The van der Waals surface area contributed by atoms with Crippen molar-refractivity contribution < 1.29 is 14.9 Å². The Balaban J connectivity index is 2.17. The Morgan fingerprint density at radius 1 is 1.16 bits per heavy atom. The number of phenols is 1. The molecule has 0 saturated heterocycles. The summed E-state index contributed by atoms with van der Waals surface area (Å²) >= 11 is 0. The first-order chi connectivity index (χ1) is 9.24. The average Bonchev–Trinajstić information content (AvgIpc) is 2.45. The van der Waals surface area contributed by atoms with E-state index < -0.39 is 0 Å². The van der Waals surface area contributed by atoms with Crippen LogP contribution in [-0.2, 0) is 13.2 Å². The summed E-state index contributed by atoms with van der Waals surface area (Å²) in [7, 11) is 0. The molecule has 3 heteroatoms. The van der Waals surface area contributed by atoms with Crippen molar-refractivity contribution >= 4 is 6.08 Å². The van der Waals surface area contributed by atoms with Crippen molar-refractivity contribution in [2.45, 2.75) is 13.2 Å². The average molecular weight is 256 g/mol. The van der Waals surface area contributed by atoms with E-state index in [1.807, 2.05) is 30.3 Å². The minimum Gasteiger partial charge on any atom is -0.507 e. The highest BCUT2D eigenvalue weighted by Crippen LogP contribution is 2.29. The molecule has 2 N–H and O–H groups in total. The molecule has 0 amide bonds. The first kappa shape index (κ1) is 13.2. The summed E-state index contributed by atoms with van der Waals surface area (Å²) in [5, 5.41) is 19.0. The van der Waals surface area contributed by atoms with Crippen LogP contribution in [0, 0.1) is 0 Å². The van der Waals surface area contributed by atoms with Crippen LogP contribution in [0.15, 0.2) is 49.0 Å². The van der Waals surface area contributed by atoms with E-state index >= 15 is 0 Å². The van der Waals surface area contributed by atoms with Gasteiger partial charge in [0.15, 0.2) is 0 Å². The van der Waals surface area contributed by atoms with E-state index in [4.69, 9.17) is 4.74 Å². The molecule has 0 atom stereocenters. The summed E-state index contributed by atoms with van der Waals surface area (Å²) in [5.74, 6) is 0.566. The lowest BCUT2D eigenvalue weighted by molar-refractivity contribution is 0.273. The van der Waals surface area contributed by atoms with Crippen molar-refractivity contribution in [3.8, 4) is 11.5 Å². The van der Waals surface area contributed by atoms with E-state index in [0.29, 0.717) is 23.5 Å². The van der Waals surface area contributed by atoms with Crippen molar-refractivity contribution in [1.29, 1.82) is 0 Å². The molecule has 2 aromatic rings. The monoisotopic (exact) mass is 256 g/mol. The minimum absolute atomic E-state index is 0.0166. The number of aliphatic hydroxyl groups excluding tert-OH is 1. The van der Waals surface area contributed by atoms with Crippen molar-refractivity contribution in [3.63, 3.8) is 0 Å². The molecular formula is C16H16O3. The fraction of sp³-hybridized carbons (Fsp3) is 0.125. The summed E-state index contributed by atoms with van der Waals surface area (Å²) in [5.41, 5.74) is 2.18. The second-order valence-corrected chi connectivity index (χ2v) is 4.15. The van der Waals surface area contributed by atoms with E-state index in [-0.39, 0.29) is 12.4 Å². The lowest BCUT2D eigenvalue weighted by Crippen LogP contribution is -1.97. The van der Waals surface area contributed by atoms with Gasteiger partial charge in [0.25, 0.3) is 0 Å². The molecule has 0 aromatic heterocycles. The lowest BCUT2D eigenvalue weighted by atomic mass is 10.1. The van der Waals surface area contributed by atoms with Gasteiger partial charge in [0, 0.05) is 11.6 Å². The summed E-state index contributed by atoms with van der Waals surface area (Å²) in [6.45, 7) is 3.86. The number of benzene rings is 2. The lowest BCUT2D eigenvalue weighted by Gasteiger charge is -2.11. The molecule has 2 aromatic carbocycles. The van der Waals surface area contributed by atoms with Crippen LogP contribution in [0.25, 0.3) is 6.08 Å². The number of rotatable bonds is 5. The van der Waals surface area contributed by atoms with Crippen molar-refractivity contribution in [2.24, 2.45) is 0 Å². The van der Waals surface area contributed by atoms with Crippen LogP contribution in [-0.4, -0.2) is 10.2 Å². The zero-order chi connectivity index (χ0) is 13.7. The van der Waals surface area contributed by atoms with Gasteiger partial charge in [-0.05, 0) is 17.2 Å². The van der Waals surface area contributed by atoms with Gasteiger partial charge in [0.2, 0.25) is 0 Å². The topological polar surface area (TPSA) is 49.7 Å². The van der Waals surface area contributed by atoms with E-state index in [1.165, 1.54) is 6.07 Å². The summed E-state index contributed by atoms with van der Waals surface area (Å²) in [4.78, 5) is 0. The van der Waals surface area contributed by atoms with E-state index in [9.17, 15) is 10.2 Å². The highest BCUT2D eigenvalue weighted by atomic mass is 16.5. The molecule has 98 valence electrons. The first-order valence-corrected chi connectivity index (χ1v) is 6.00. The molecule has 19 heavy (non-hydrogen) atoms. The molecule has 0 radical (unpaired) electrons. The molecule has 0 fully saturated rings. The first-order valence-electron chi connectivity index (χ1n) is 6.00.